The molecule has 0 bridgehead atoms. The topological polar surface area (TPSA) is 268 Å². The van der Waals surface area contributed by atoms with Gasteiger partial charge in [0.05, 0.1) is 6.61 Å². The highest BCUT2D eigenvalue weighted by Crippen LogP contribution is 2.66. The van der Waals surface area contributed by atoms with Gasteiger partial charge in [0.15, 0.2) is 5.60 Å². The SMILES string of the molecule is C=C(F)[C@]1(COP(=O)(O)OP(=O)(O)OP(=O)(O)O)O[C@@](C#N)(n2ccc(=O)[nH]c2=O)[C@H](C)[C@@H]1O. The second-order valence-electron chi connectivity index (χ2n) is 6.78. The van der Waals surface area contributed by atoms with E-state index in [1.54, 1.807) is 6.07 Å². The molecule has 6 atom stereocenters. The Morgan fingerprint density at radius 3 is 2.35 bits per heavy atom. The lowest BCUT2D eigenvalue weighted by atomic mass is 9.87. The molecule has 21 heteroatoms. The van der Waals surface area contributed by atoms with Crippen LogP contribution in [0.5, 0.6) is 0 Å². The summed E-state index contributed by atoms with van der Waals surface area (Å²) in [6, 6.07) is 2.35. The van der Waals surface area contributed by atoms with Gasteiger partial charge in [-0.15, -0.1) is 0 Å². The average molecular weight is 551 g/mol. The number of aromatic nitrogens is 2. The molecule has 0 saturated carbocycles. The lowest BCUT2D eigenvalue weighted by Gasteiger charge is -2.32. The van der Waals surface area contributed by atoms with E-state index in [-0.39, 0.29) is 0 Å². The first-order valence-electron chi connectivity index (χ1n) is 8.56. The summed E-state index contributed by atoms with van der Waals surface area (Å²) < 4.78 is 65.9. The maximum absolute atomic E-state index is 14.5. The fourth-order valence-electron chi connectivity index (χ4n) is 3.06. The largest absolute Gasteiger partial charge is 0.490 e. The maximum Gasteiger partial charge on any atom is 0.490 e. The van der Waals surface area contributed by atoms with Crippen LogP contribution in [-0.2, 0) is 37.3 Å². The molecule has 1 aromatic heterocycles. The maximum atomic E-state index is 14.5. The zero-order chi connectivity index (χ0) is 26.3. The Bertz CT molecular complexity index is 1280. The van der Waals surface area contributed by atoms with Crippen LogP contribution in [0.25, 0.3) is 0 Å². The number of phosphoric acid groups is 3. The first-order valence-corrected chi connectivity index (χ1v) is 13.1. The Hall–Kier alpha value is -1.83. The minimum absolute atomic E-state index is 0.498. The summed E-state index contributed by atoms with van der Waals surface area (Å²) in [4.78, 5) is 61.3. The smallest absolute Gasteiger partial charge is 0.389 e. The Kier molecular flexibility index (Phi) is 7.79. The Morgan fingerprint density at radius 1 is 1.29 bits per heavy atom. The Labute approximate surface area is 188 Å². The van der Waals surface area contributed by atoms with E-state index >= 15 is 0 Å². The minimum Gasteiger partial charge on any atom is -0.389 e. The van der Waals surface area contributed by atoms with Crippen molar-refractivity contribution in [2.45, 2.75) is 24.4 Å². The zero-order valence-corrected chi connectivity index (χ0v) is 19.4. The van der Waals surface area contributed by atoms with Gasteiger partial charge in [-0.3, -0.25) is 18.9 Å². The van der Waals surface area contributed by atoms with Crippen molar-refractivity contribution in [1.82, 2.24) is 9.55 Å². The first-order chi connectivity index (χ1) is 15.3. The highest BCUT2D eigenvalue weighted by atomic mass is 31.3. The molecule has 1 aliphatic heterocycles. The van der Waals surface area contributed by atoms with Crippen molar-refractivity contribution in [1.29, 1.82) is 5.26 Å². The number of halogens is 1. The predicted molar refractivity (Wildman–Crippen MR) is 104 cm³/mol. The van der Waals surface area contributed by atoms with Gasteiger partial charge in [0.2, 0.25) is 5.72 Å². The second kappa shape index (κ2) is 9.32. The van der Waals surface area contributed by atoms with E-state index in [9.17, 15) is 47.8 Å². The summed E-state index contributed by atoms with van der Waals surface area (Å²) in [5.74, 6) is -3.10. The van der Waals surface area contributed by atoms with Gasteiger partial charge in [-0.1, -0.05) is 13.5 Å². The van der Waals surface area contributed by atoms with E-state index in [0.717, 1.165) is 19.2 Å². The van der Waals surface area contributed by atoms with E-state index in [4.69, 9.17) is 14.5 Å². The van der Waals surface area contributed by atoms with Gasteiger partial charge in [0, 0.05) is 18.2 Å². The fourth-order valence-corrected chi connectivity index (χ4v) is 6.11. The number of hydrogen-bond donors (Lipinski definition) is 6. The molecular formula is C13H17FN3O14P3. The van der Waals surface area contributed by atoms with Crippen LogP contribution in [-0.4, -0.2) is 52.5 Å². The highest BCUT2D eigenvalue weighted by Gasteiger charge is 2.65. The third-order valence-corrected chi connectivity index (χ3v) is 8.35. The lowest BCUT2D eigenvalue weighted by Crippen LogP contribution is -2.48. The molecule has 0 aliphatic carbocycles. The van der Waals surface area contributed by atoms with Crippen LogP contribution in [0.15, 0.2) is 34.3 Å². The number of hydrogen-bond acceptors (Lipinski definition) is 11. The lowest BCUT2D eigenvalue weighted by molar-refractivity contribution is -0.145. The van der Waals surface area contributed by atoms with Crippen LogP contribution in [0.3, 0.4) is 0 Å². The molecule has 1 aromatic rings. The van der Waals surface area contributed by atoms with Crippen molar-refractivity contribution < 1.29 is 60.6 Å². The molecular weight excluding hydrogens is 534 g/mol. The standard InChI is InChI=1S/C13H17FN3O14P3/c1-7-10(19)12(8(2)14,6-28-33(24,25)31-34(26,27)30-32(21,22)23)29-13(7,5-15)17-4-3-9(18)16-11(17)20/h3-4,7,10,19H,2,6H2,1H3,(H,24,25)(H,26,27)(H,16,18,20)(H2,21,22,23)/t7-,10+,12+,13-/m1/s1. The van der Waals surface area contributed by atoms with Crippen molar-refractivity contribution in [3.05, 3.63) is 45.5 Å². The van der Waals surface area contributed by atoms with E-state index in [1.165, 1.54) is 0 Å². The third-order valence-electron chi connectivity index (χ3n) is 4.57. The minimum atomic E-state index is -5.91. The van der Waals surface area contributed by atoms with Crippen molar-refractivity contribution in [3.63, 3.8) is 0 Å². The van der Waals surface area contributed by atoms with Gasteiger partial charge in [-0.05, 0) is 0 Å². The van der Waals surface area contributed by atoms with Crippen LogP contribution in [0, 0.1) is 17.2 Å². The van der Waals surface area contributed by atoms with Gasteiger partial charge in [0.25, 0.3) is 5.56 Å². The molecule has 2 unspecified atom stereocenters. The molecule has 1 fully saturated rings. The van der Waals surface area contributed by atoms with E-state index < -0.39 is 70.5 Å². The summed E-state index contributed by atoms with van der Waals surface area (Å²) in [5.41, 5.74) is -7.47. The molecule has 0 radical (unpaired) electrons. The second-order valence-corrected chi connectivity index (χ2v) is 11.2. The molecule has 0 aromatic carbocycles. The van der Waals surface area contributed by atoms with Crippen LogP contribution in [0.2, 0.25) is 0 Å². The molecule has 2 rings (SSSR count). The third kappa shape index (κ3) is 5.69. The van der Waals surface area contributed by atoms with Gasteiger partial charge >= 0.3 is 29.2 Å². The van der Waals surface area contributed by atoms with Gasteiger partial charge < -0.3 is 29.4 Å². The molecule has 0 spiro atoms. The summed E-state index contributed by atoms with van der Waals surface area (Å²) in [6.07, 6.45) is -1.33. The number of nitrogens with zero attached hydrogens (tertiary/aromatic N) is 2. The molecule has 17 nitrogen and oxygen atoms in total. The van der Waals surface area contributed by atoms with Crippen molar-refractivity contribution in [2.75, 3.05) is 6.61 Å². The summed E-state index contributed by atoms with van der Waals surface area (Å²) in [5, 5.41) is 20.4. The Morgan fingerprint density at radius 2 is 1.88 bits per heavy atom. The van der Waals surface area contributed by atoms with Gasteiger partial charge in [0.1, 0.15) is 18.0 Å². The number of nitriles is 1. The molecule has 1 aliphatic rings. The molecule has 0 amide bonds. The molecule has 6 N–H and O–H groups in total. The first kappa shape index (κ1) is 28.4. The van der Waals surface area contributed by atoms with Gasteiger partial charge in [-0.2, -0.15) is 13.9 Å². The molecule has 34 heavy (non-hydrogen) atoms. The number of nitrogens with one attached hydrogen (secondary N) is 1. The average Bonchev–Trinajstić information content (AvgIpc) is 2.87. The monoisotopic (exact) mass is 551 g/mol. The number of aliphatic hydroxyl groups excluding tert-OH is 1. The fraction of sp³-hybridized carbons (Fsp3) is 0.462. The van der Waals surface area contributed by atoms with E-state index in [1.807, 2.05) is 4.98 Å². The van der Waals surface area contributed by atoms with Crippen molar-refractivity contribution >= 4 is 23.5 Å². The number of aromatic amines is 1. The Balaban J connectivity index is 2.43. The number of phosphoric ester groups is 1. The van der Waals surface area contributed by atoms with Crippen LogP contribution in [0.4, 0.5) is 4.39 Å². The van der Waals surface area contributed by atoms with Crippen LogP contribution >= 0.6 is 23.5 Å². The quantitative estimate of drug-likeness (QED) is 0.207. The number of ether oxygens (including phenoxy) is 1. The molecule has 2 heterocycles. The van der Waals surface area contributed by atoms with Crippen LogP contribution in [0.1, 0.15) is 6.92 Å². The zero-order valence-electron chi connectivity index (χ0n) is 16.7. The summed E-state index contributed by atoms with van der Waals surface area (Å²) in [7, 11) is -17.4. The number of aliphatic hydroxyl groups is 1. The number of rotatable bonds is 9. The molecule has 190 valence electrons. The summed E-state index contributed by atoms with van der Waals surface area (Å²) in [6.45, 7) is 2.49. The highest BCUT2D eigenvalue weighted by molar-refractivity contribution is 7.66. The van der Waals surface area contributed by atoms with E-state index in [2.05, 4.69) is 19.7 Å². The van der Waals surface area contributed by atoms with Crippen molar-refractivity contribution in [2.24, 2.45) is 5.92 Å². The van der Waals surface area contributed by atoms with Gasteiger partial charge in [-0.25, -0.2) is 22.9 Å². The number of H-pyrrole nitrogens is 1. The normalized spacial score (nSPS) is 30.8. The van der Waals surface area contributed by atoms with Crippen molar-refractivity contribution in [3.8, 4) is 6.07 Å². The summed E-state index contributed by atoms with van der Waals surface area (Å²) >= 11 is 0. The predicted octanol–water partition coefficient (Wildman–Crippen LogP) is -0.695. The van der Waals surface area contributed by atoms with Crippen LogP contribution < -0.4 is 11.2 Å². The molecule has 1 saturated heterocycles. The van der Waals surface area contributed by atoms with E-state index in [0.29, 0.717) is 4.57 Å².